The van der Waals surface area contributed by atoms with Crippen LogP contribution in [-0.2, 0) is 0 Å². The van der Waals surface area contributed by atoms with Crippen molar-refractivity contribution in [3.63, 3.8) is 0 Å². The van der Waals surface area contributed by atoms with E-state index in [0.29, 0.717) is 0 Å². The van der Waals surface area contributed by atoms with E-state index in [9.17, 15) is 18.0 Å². The van der Waals surface area contributed by atoms with Crippen molar-refractivity contribution in [3.05, 3.63) is 29.1 Å². The van der Waals surface area contributed by atoms with Gasteiger partial charge in [-0.05, 0) is 0 Å². The molecule has 0 radical (unpaired) electrons. The van der Waals surface area contributed by atoms with Crippen LogP contribution < -0.4 is 11.5 Å². The van der Waals surface area contributed by atoms with Crippen LogP contribution in [0, 0.1) is 17.5 Å². The lowest BCUT2D eigenvalue weighted by atomic mass is 10.1. The van der Waals surface area contributed by atoms with Gasteiger partial charge in [-0.25, -0.2) is 13.2 Å². The van der Waals surface area contributed by atoms with Gasteiger partial charge in [0.1, 0.15) is 11.4 Å². The van der Waals surface area contributed by atoms with E-state index in [4.69, 9.17) is 5.73 Å². The summed E-state index contributed by atoms with van der Waals surface area (Å²) in [7, 11) is 0. The Morgan fingerprint density at radius 1 is 1.23 bits per heavy atom. The van der Waals surface area contributed by atoms with E-state index in [2.05, 4.69) is 5.73 Å². The monoisotopic (exact) mass is 190 g/mol. The molecule has 13 heavy (non-hydrogen) atoms. The van der Waals surface area contributed by atoms with Crippen molar-refractivity contribution in [2.45, 2.75) is 0 Å². The van der Waals surface area contributed by atoms with Crippen LogP contribution in [0.25, 0.3) is 0 Å². The second-order valence-corrected chi connectivity index (χ2v) is 2.31. The molecule has 0 bridgehead atoms. The van der Waals surface area contributed by atoms with E-state index in [-0.39, 0.29) is 6.07 Å². The summed E-state index contributed by atoms with van der Waals surface area (Å²) in [6.45, 7) is 0. The number of hydrogen-bond donors (Lipinski definition) is 2. The van der Waals surface area contributed by atoms with Gasteiger partial charge in [0.05, 0.1) is 5.69 Å². The van der Waals surface area contributed by atoms with Crippen LogP contribution in [0.15, 0.2) is 6.07 Å². The Labute approximate surface area is 71.1 Å². The number of nitrogen functional groups attached to an aromatic ring is 1. The summed E-state index contributed by atoms with van der Waals surface area (Å²) in [4.78, 5) is 10.5. The fourth-order valence-corrected chi connectivity index (χ4v) is 0.850. The maximum Gasteiger partial charge on any atom is 0.254 e. The van der Waals surface area contributed by atoms with Gasteiger partial charge in [-0.2, -0.15) is 0 Å². The summed E-state index contributed by atoms with van der Waals surface area (Å²) in [6.07, 6.45) is 0. The quantitative estimate of drug-likeness (QED) is 0.507. The lowest BCUT2D eigenvalue weighted by molar-refractivity contribution is 0.0996. The largest absolute Gasteiger partial charge is 0.396 e. The maximum absolute atomic E-state index is 12.8. The second-order valence-electron chi connectivity index (χ2n) is 2.31. The molecule has 4 N–H and O–H groups in total. The first-order chi connectivity index (χ1) is 5.95. The summed E-state index contributed by atoms with van der Waals surface area (Å²) in [5.41, 5.74) is 7.89. The molecule has 70 valence electrons. The number of rotatable bonds is 1. The summed E-state index contributed by atoms with van der Waals surface area (Å²) >= 11 is 0. The van der Waals surface area contributed by atoms with Crippen molar-refractivity contribution < 1.29 is 18.0 Å². The number of primary amides is 1. The van der Waals surface area contributed by atoms with Crippen molar-refractivity contribution in [1.82, 2.24) is 0 Å². The van der Waals surface area contributed by atoms with Gasteiger partial charge in [0.2, 0.25) is 0 Å². The van der Waals surface area contributed by atoms with Crippen LogP contribution in [0.2, 0.25) is 0 Å². The molecule has 1 aromatic rings. The van der Waals surface area contributed by atoms with Gasteiger partial charge in [-0.1, -0.05) is 0 Å². The van der Waals surface area contributed by atoms with Crippen molar-refractivity contribution in [2.24, 2.45) is 5.73 Å². The fraction of sp³-hybridized carbons (Fsp3) is 0. The van der Waals surface area contributed by atoms with Gasteiger partial charge in [-0.3, -0.25) is 4.79 Å². The van der Waals surface area contributed by atoms with E-state index < -0.39 is 34.6 Å². The number of carbonyl (C=O) groups is 1. The molecule has 1 amide bonds. The Morgan fingerprint density at radius 3 is 2.23 bits per heavy atom. The Bertz CT molecular complexity index is 352. The molecular formula is C7H5F3N2O. The molecule has 0 saturated heterocycles. The average molecular weight is 190 g/mol. The Hall–Kier alpha value is -1.72. The molecule has 0 spiro atoms. The van der Waals surface area contributed by atoms with Crippen LogP contribution in [0.4, 0.5) is 18.9 Å². The minimum absolute atomic E-state index is 0.247. The van der Waals surface area contributed by atoms with Crippen molar-refractivity contribution in [2.75, 3.05) is 5.73 Å². The molecule has 3 nitrogen and oxygen atoms in total. The van der Waals surface area contributed by atoms with Crippen molar-refractivity contribution in [3.8, 4) is 0 Å². The highest BCUT2D eigenvalue weighted by Gasteiger charge is 2.20. The number of carbonyl (C=O) groups excluding carboxylic acids is 1. The van der Waals surface area contributed by atoms with E-state index in [1.54, 1.807) is 0 Å². The lowest BCUT2D eigenvalue weighted by Gasteiger charge is -2.04. The highest BCUT2D eigenvalue weighted by Crippen LogP contribution is 2.21. The van der Waals surface area contributed by atoms with E-state index in [1.165, 1.54) is 0 Å². The molecule has 0 atom stereocenters. The molecule has 0 unspecified atom stereocenters. The first-order valence-corrected chi connectivity index (χ1v) is 3.18. The standard InChI is InChI=1S/C7H5F3N2O/c8-2-1-3(9)6(11)4(5(2)10)7(12)13/h1H,11H2,(H2,12,13). The van der Waals surface area contributed by atoms with Crippen molar-refractivity contribution in [1.29, 1.82) is 0 Å². The van der Waals surface area contributed by atoms with E-state index >= 15 is 0 Å². The molecule has 1 aromatic carbocycles. The molecular weight excluding hydrogens is 185 g/mol. The van der Waals surface area contributed by atoms with Gasteiger partial charge in [0.25, 0.3) is 5.91 Å². The molecule has 0 aliphatic heterocycles. The van der Waals surface area contributed by atoms with Gasteiger partial charge < -0.3 is 11.5 Å². The van der Waals surface area contributed by atoms with Crippen LogP contribution in [0.3, 0.4) is 0 Å². The molecule has 1 rings (SSSR count). The molecule has 0 aliphatic carbocycles. The van der Waals surface area contributed by atoms with Gasteiger partial charge >= 0.3 is 0 Å². The third-order valence-electron chi connectivity index (χ3n) is 1.46. The topological polar surface area (TPSA) is 69.1 Å². The van der Waals surface area contributed by atoms with Gasteiger partial charge in [0, 0.05) is 6.07 Å². The first kappa shape index (κ1) is 9.37. The van der Waals surface area contributed by atoms with Crippen LogP contribution in [-0.4, -0.2) is 5.91 Å². The number of amides is 1. The van der Waals surface area contributed by atoms with E-state index in [0.717, 1.165) is 0 Å². The predicted molar refractivity (Wildman–Crippen MR) is 39.2 cm³/mol. The Kier molecular flexibility index (Phi) is 2.14. The number of hydrogen-bond acceptors (Lipinski definition) is 2. The molecule has 0 heterocycles. The Balaban J connectivity index is 3.56. The second kappa shape index (κ2) is 2.96. The molecule has 0 aromatic heterocycles. The third kappa shape index (κ3) is 1.42. The maximum atomic E-state index is 12.8. The molecule has 0 fully saturated rings. The minimum atomic E-state index is -1.54. The third-order valence-corrected chi connectivity index (χ3v) is 1.46. The predicted octanol–water partition coefficient (Wildman–Crippen LogP) is 0.785. The minimum Gasteiger partial charge on any atom is -0.396 e. The highest BCUT2D eigenvalue weighted by atomic mass is 19.2. The molecule has 6 heteroatoms. The lowest BCUT2D eigenvalue weighted by Crippen LogP contribution is -2.17. The SMILES string of the molecule is NC(=O)c1c(N)c(F)cc(F)c1F. The normalized spacial score (nSPS) is 10.1. The zero-order valence-electron chi connectivity index (χ0n) is 6.27. The smallest absolute Gasteiger partial charge is 0.254 e. The van der Waals surface area contributed by atoms with Crippen LogP contribution >= 0.6 is 0 Å². The van der Waals surface area contributed by atoms with Gasteiger partial charge in [-0.15, -0.1) is 0 Å². The summed E-state index contributed by atoms with van der Waals surface area (Å²) in [5, 5.41) is 0. The van der Waals surface area contributed by atoms with Crippen molar-refractivity contribution >= 4 is 11.6 Å². The number of nitrogens with two attached hydrogens (primary N) is 2. The van der Waals surface area contributed by atoms with Crippen LogP contribution in [0.5, 0.6) is 0 Å². The first-order valence-electron chi connectivity index (χ1n) is 3.18. The number of benzene rings is 1. The zero-order chi connectivity index (χ0) is 10.2. The summed E-state index contributed by atoms with van der Waals surface area (Å²) in [6, 6.07) is 0.247. The fourth-order valence-electron chi connectivity index (χ4n) is 0.850. The zero-order valence-corrected chi connectivity index (χ0v) is 6.27. The molecule has 0 aliphatic rings. The average Bonchev–Trinajstić information content (AvgIpc) is 2.01. The number of anilines is 1. The van der Waals surface area contributed by atoms with E-state index in [1.807, 2.05) is 0 Å². The summed E-state index contributed by atoms with van der Waals surface area (Å²) in [5.74, 6) is -5.56. The molecule has 0 saturated carbocycles. The Morgan fingerprint density at radius 2 is 1.77 bits per heavy atom. The number of halogens is 3. The van der Waals surface area contributed by atoms with Gasteiger partial charge in [0.15, 0.2) is 11.6 Å². The summed E-state index contributed by atoms with van der Waals surface area (Å²) < 4.78 is 37.9. The van der Waals surface area contributed by atoms with Crippen LogP contribution in [0.1, 0.15) is 10.4 Å². The highest BCUT2D eigenvalue weighted by molar-refractivity contribution is 5.98.